The maximum absolute atomic E-state index is 3.96. The van der Waals surface area contributed by atoms with E-state index in [2.05, 4.69) is 69.7 Å². The van der Waals surface area contributed by atoms with Gasteiger partial charge in [-0.1, -0.05) is 111 Å². The zero-order valence-electron chi connectivity index (χ0n) is 18.4. The summed E-state index contributed by atoms with van der Waals surface area (Å²) in [5.74, 6) is 0. The SMILES string of the molecule is C.C=C.C=Cc1c(C)c(/C=C\C)c(C=C)c2ccccc12.CC.CC.CC. The van der Waals surface area contributed by atoms with Crippen molar-refractivity contribution in [1.29, 1.82) is 0 Å². The zero-order chi connectivity index (χ0) is 21.1. The van der Waals surface area contributed by atoms with Crippen molar-refractivity contribution < 1.29 is 0 Å². The maximum Gasteiger partial charge on any atom is -0.00994 e. The van der Waals surface area contributed by atoms with Gasteiger partial charge in [-0.3, -0.25) is 0 Å². The van der Waals surface area contributed by atoms with Gasteiger partial charge in [-0.05, 0) is 46.9 Å². The Labute approximate surface area is 171 Å². The van der Waals surface area contributed by atoms with Gasteiger partial charge in [-0.25, -0.2) is 0 Å². The van der Waals surface area contributed by atoms with Gasteiger partial charge >= 0.3 is 0 Å². The molecule has 2 aromatic rings. The third kappa shape index (κ3) is 8.73. The molecule has 0 nitrogen and oxygen atoms in total. The van der Waals surface area contributed by atoms with Crippen molar-refractivity contribution in [3.05, 3.63) is 78.9 Å². The zero-order valence-corrected chi connectivity index (χ0v) is 18.4. The predicted molar refractivity (Wildman–Crippen MR) is 136 cm³/mol. The van der Waals surface area contributed by atoms with Gasteiger partial charge in [0.05, 0.1) is 0 Å². The molecule has 0 N–H and O–H groups in total. The molecule has 0 saturated carbocycles. The van der Waals surface area contributed by atoms with Crippen LogP contribution in [0.25, 0.3) is 29.0 Å². The molecule has 0 aromatic heterocycles. The summed E-state index contributed by atoms with van der Waals surface area (Å²) in [6.45, 7) is 30.1. The first-order valence-electron chi connectivity index (χ1n) is 9.67. The van der Waals surface area contributed by atoms with E-state index in [-0.39, 0.29) is 7.43 Å². The lowest BCUT2D eigenvalue weighted by Crippen LogP contribution is -1.94. The number of hydrogen-bond acceptors (Lipinski definition) is 0. The van der Waals surface area contributed by atoms with E-state index in [1.54, 1.807) is 0 Å². The molecule has 0 spiro atoms. The highest BCUT2D eigenvalue weighted by Gasteiger charge is 2.10. The predicted octanol–water partition coefficient (Wildman–Crippen LogP) is 9.98. The van der Waals surface area contributed by atoms with Crippen LogP contribution in [0, 0.1) is 6.92 Å². The van der Waals surface area contributed by atoms with Gasteiger partial charge in [0.15, 0.2) is 0 Å². The summed E-state index contributed by atoms with van der Waals surface area (Å²) in [5.41, 5.74) is 4.91. The van der Waals surface area contributed by atoms with Crippen LogP contribution in [0.3, 0.4) is 0 Å². The van der Waals surface area contributed by atoms with Gasteiger partial charge in [0.2, 0.25) is 0 Å². The Kier molecular flexibility index (Phi) is 26.0. The third-order valence-corrected chi connectivity index (χ3v) is 3.35. The Morgan fingerprint density at radius 3 is 1.41 bits per heavy atom. The van der Waals surface area contributed by atoms with Crippen molar-refractivity contribution in [2.45, 2.75) is 62.8 Å². The molecule has 0 amide bonds. The highest BCUT2D eigenvalue weighted by Crippen LogP contribution is 2.32. The first kappa shape index (κ1) is 32.3. The van der Waals surface area contributed by atoms with E-state index in [4.69, 9.17) is 0 Å². The molecule has 0 saturated heterocycles. The van der Waals surface area contributed by atoms with Crippen LogP contribution in [0.5, 0.6) is 0 Å². The van der Waals surface area contributed by atoms with E-state index in [9.17, 15) is 0 Å². The number of hydrogen-bond donors (Lipinski definition) is 0. The smallest absolute Gasteiger partial charge is 0.00994 e. The van der Waals surface area contributed by atoms with E-state index in [1.165, 1.54) is 33.0 Å². The Balaban J connectivity index is -0.000000261. The molecule has 27 heavy (non-hydrogen) atoms. The molecule has 0 bridgehead atoms. The lowest BCUT2D eigenvalue weighted by Gasteiger charge is -2.15. The Morgan fingerprint density at radius 2 is 1.07 bits per heavy atom. The van der Waals surface area contributed by atoms with E-state index < -0.39 is 0 Å². The summed E-state index contributed by atoms with van der Waals surface area (Å²) in [4.78, 5) is 0. The second-order valence-electron chi connectivity index (χ2n) is 4.32. The summed E-state index contributed by atoms with van der Waals surface area (Å²) in [7, 11) is 0. The largest absolute Gasteiger partial charge is 0.106 e. The normalized spacial score (nSPS) is 8.15. The lowest BCUT2D eigenvalue weighted by atomic mass is 9.89. The van der Waals surface area contributed by atoms with E-state index >= 15 is 0 Å². The van der Waals surface area contributed by atoms with E-state index in [1.807, 2.05) is 60.6 Å². The van der Waals surface area contributed by atoms with Crippen LogP contribution in [-0.2, 0) is 0 Å². The summed E-state index contributed by atoms with van der Waals surface area (Å²) >= 11 is 0. The fourth-order valence-electron chi connectivity index (χ4n) is 2.51. The molecule has 2 aromatic carbocycles. The minimum Gasteiger partial charge on any atom is -0.106 e. The highest BCUT2D eigenvalue weighted by atomic mass is 14.1. The second-order valence-corrected chi connectivity index (χ2v) is 4.32. The van der Waals surface area contributed by atoms with Crippen LogP contribution >= 0.6 is 0 Å². The summed E-state index contributed by atoms with van der Waals surface area (Å²) < 4.78 is 0. The minimum atomic E-state index is 0. The topological polar surface area (TPSA) is 0 Å². The molecule has 0 atom stereocenters. The molecule has 0 aliphatic rings. The van der Waals surface area contributed by atoms with Crippen LogP contribution in [0.2, 0.25) is 0 Å². The van der Waals surface area contributed by atoms with Crippen LogP contribution in [0.4, 0.5) is 0 Å². The first-order chi connectivity index (χ1) is 12.7. The van der Waals surface area contributed by atoms with Gasteiger partial charge in [0.1, 0.15) is 0 Å². The quantitative estimate of drug-likeness (QED) is 0.473. The molecule has 0 heterocycles. The molecule has 2 rings (SSSR count). The Morgan fingerprint density at radius 1 is 0.704 bits per heavy atom. The minimum absolute atomic E-state index is 0. The summed E-state index contributed by atoms with van der Waals surface area (Å²) in [6.07, 6.45) is 8.10. The summed E-state index contributed by atoms with van der Waals surface area (Å²) in [5, 5.41) is 2.48. The average molecular weight is 369 g/mol. The van der Waals surface area contributed by atoms with Gasteiger partial charge in [0.25, 0.3) is 0 Å². The fraction of sp³-hybridized carbons (Fsp3) is 0.333. The Hall–Kier alpha value is -2.34. The number of allylic oxidation sites excluding steroid dienone is 1. The number of rotatable bonds is 3. The van der Waals surface area contributed by atoms with Crippen LogP contribution in [-0.4, -0.2) is 0 Å². The third-order valence-electron chi connectivity index (χ3n) is 3.35. The van der Waals surface area contributed by atoms with Crippen molar-refractivity contribution in [1.82, 2.24) is 0 Å². The van der Waals surface area contributed by atoms with Crippen molar-refractivity contribution >= 4 is 29.0 Å². The first-order valence-corrected chi connectivity index (χ1v) is 9.67. The molecular formula is C27H44. The van der Waals surface area contributed by atoms with Crippen LogP contribution < -0.4 is 0 Å². The van der Waals surface area contributed by atoms with Crippen LogP contribution in [0.1, 0.15) is 78.1 Å². The highest BCUT2D eigenvalue weighted by molar-refractivity contribution is 6.00. The van der Waals surface area contributed by atoms with Gasteiger partial charge in [-0.15, -0.1) is 13.2 Å². The fourth-order valence-corrected chi connectivity index (χ4v) is 2.51. The maximum atomic E-state index is 3.96. The summed E-state index contributed by atoms with van der Waals surface area (Å²) in [6, 6.07) is 8.42. The van der Waals surface area contributed by atoms with Gasteiger partial charge in [-0.2, -0.15) is 0 Å². The Bertz CT molecular complexity index is 657. The van der Waals surface area contributed by atoms with E-state index in [0.29, 0.717) is 0 Å². The molecule has 0 aliphatic carbocycles. The van der Waals surface area contributed by atoms with Crippen molar-refractivity contribution in [2.24, 2.45) is 0 Å². The number of benzene rings is 2. The average Bonchev–Trinajstić information content (AvgIpc) is 2.75. The van der Waals surface area contributed by atoms with Gasteiger partial charge in [0, 0.05) is 0 Å². The molecule has 0 fully saturated rings. The van der Waals surface area contributed by atoms with Crippen molar-refractivity contribution in [3.63, 3.8) is 0 Å². The van der Waals surface area contributed by atoms with Crippen LogP contribution in [0.15, 0.2) is 56.7 Å². The number of fused-ring (bicyclic) bond motifs is 1. The second kappa shape index (κ2) is 21.7. The monoisotopic (exact) mass is 368 g/mol. The molecule has 0 heteroatoms. The standard InChI is InChI=1S/C18H18.3C2H6.C2H4.CH4/c1-5-10-16-13(4)14(6-2)17-11-8-9-12-18(17)15(16)7-3;4*1-2;/h5-12H,2-3H2,1,4H3;3*1-2H3;1-2H2;1H4/b10-5-;;;;;. The molecular weight excluding hydrogens is 324 g/mol. The molecule has 0 radical (unpaired) electrons. The van der Waals surface area contributed by atoms with Crippen molar-refractivity contribution in [3.8, 4) is 0 Å². The molecule has 0 unspecified atom stereocenters. The molecule has 0 aliphatic heterocycles. The lowest BCUT2D eigenvalue weighted by molar-refractivity contribution is 1.44. The van der Waals surface area contributed by atoms with E-state index in [0.717, 1.165) is 0 Å². The van der Waals surface area contributed by atoms with Gasteiger partial charge < -0.3 is 0 Å². The van der Waals surface area contributed by atoms with Crippen molar-refractivity contribution in [2.75, 3.05) is 0 Å². The molecule has 152 valence electrons.